The Morgan fingerprint density at radius 1 is 1.19 bits per heavy atom. The molecule has 2 rings (SSSR count). The van der Waals surface area contributed by atoms with Gasteiger partial charge < -0.3 is 8.92 Å². The van der Waals surface area contributed by atoms with Crippen LogP contribution < -0.4 is 4.74 Å². The van der Waals surface area contributed by atoms with E-state index in [9.17, 15) is 0 Å². The van der Waals surface area contributed by atoms with Gasteiger partial charge in [-0.2, -0.15) is 0 Å². The van der Waals surface area contributed by atoms with Gasteiger partial charge in [0.2, 0.25) is 5.88 Å². The number of hydrogen-bond donors (Lipinski definition) is 0. The number of pyridine rings is 1. The molecule has 0 bridgehead atoms. The highest BCUT2D eigenvalue weighted by molar-refractivity contribution is 14.2. The Morgan fingerprint density at radius 2 is 1.94 bits per heavy atom. The first-order chi connectivity index (χ1) is 7.88. The molecule has 0 aliphatic heterocycles. The summed E-state index contributed by atoms with van der Waals surface area (Å²) in [7, 11) is 1.43. The van der Waals surface area contributed by atoms with Crippen molar-refractivity contribution in [1.29, 1.82) is 0 Å². The molecule has 16 heavy (non-hydrogen) atoms. The molecule has 0 radical (unpaired) electrons. The van der Waals surface area contributed by atoms with Crippen LogP contribution in [0.4, 0.5) is 0 Å². The molecule has 1 fully saturated rings. The lowest BCUT2D eigenvalue weighted by atomic mass is 9.95. The first kappa shape index (κ1) is 12.4. The molecule has 0 unspecified atom stereocenters. The van der Waals surface area contributed by atoms with Gasteiger partial charge in [-0.05, 0) is 31.7 Å². The second-order valence-corrected chi connectivity index (χ2v) is 5.24. The van der Waals surface area contributed by atoms with Crippen LogP contribution in [-0.4, -0.2) is 17.2 Å². The van der Waals surface area contributed by atoms with E-state index < -0.39 is 0 Å². The van der Waals surface area contributed by atoms with Gasteiger partial charge in [0.1, 0.15) is 6.10 Å². The lowest BCUT2D eigenvalue weighted by Gasteiger charge is -2.27. The molecular formula is C11H14INO2S. The minimum atomic E-state index is 0.300. The van der Waals surface area contributed by atoms with E-state index in [2.05, 4.69) is 26.2 Å². The van der Waals surface area contributed by atoms with E-state index in [0.717, 1.165) is 31.6 Å². The lowest BCUT2D eigenvalue weighted by Crippen LogP contribution is -2.27. The van der Waals surface area contributed by atoms with Crippen molar-refractivity contribution < 1.29 is 8.92 Å². The summed E-state index contributed by atoms with van der Waals surface area (Å²) in [6, 6.07) is 5.75. The first-order valence-electron chi connectivity index (χ1n) is 5.40. The van der Waals surface area contributed by atoms with Crippen LogP contribution in [0.5, 0.6) is 5.88 Å². The molecule has 1 aliphatic rings. The number of aromatic nitrogens is 1. The molecule has 0 atom stereocenters. The normalized spacial score (nSPS) is 25.3. The Kier molecular flexibility index (Phi) is 5.18. The summed E-state index contributed by atoms with van der Waals surface area (Å²) in [4.78, 5) is 4.17. The Bertz CT molecular complexity index is 304. The largest absolute Gasteiger partial charge is 0.474 e. The third-order valence-corrected chi connectivity index (χ3v) is 3.69. The molecule has 1 aromatic rings. The average Bonchev–Trinajstić information content (AvgIpc) is 2.33. The summed E-state index contributed by atoms with van der Waals surface area (Å²) >= 11 is 2.17. The zero-order valence-electron chi connectivity index (χ0n) is 8.84. The summed E-state index contributed by atoms with van der Waals surface area (Å²) < 4.78 is 11.3. The highest BCUT2D eigenvalue weighted by Gasteiger charge is 2.23. The van der Waals surface area contributed by atoms with Crippen molar-refractivity contribution in [3.63, 3.8) is 0 Å². The van der Waals surface area contributed by atoms with Crippen molar-refractivity contribution in [1.82, 2.24) is 4.98 Å². The predicted molar refractivity (Wildman–Crippen MR) is 73.6 cm³/mol. The van der Waals surface area contributed by atoms with Gasteiger partial charge in [-0.25, -0.2) is 4.98 Å². The van der Waals surface area contributed by atoms with E-state index >= 15 is 0 Å². The first-order valence-corrected chi connectivity index (χ1v) is 8.68. The maximum Gasteiger partial charge on any atom is 0.213 e. The quantitative estimate of drug-likeness (QED) is 0.610. The number of nitrogens with zero attached hydrogens (tertiary/aromatic N) is 1. The van der Waals surface area contributed by atoms with Crippen LogP contribution in [0.1, 0.15) is 25.7 Å². The highest BCUT2D eigenvalue weighted by Crippen LogP contribution is 2.28. The Balaban J connectivity index is 1.77. The van der Waals surface area contributed by atoms with Gasteiger partial charge in [0.05, 0.1) is 15.3 Å². The van der Waals surface area contributed by atoms with E-state index in [1.807, 2.05) is 18.2 Å². The van der Waals surface area contributed by atoms with Crippen molar-refractivity contribution >= 4 is 30.4 Å². The molecule has 0 saturated heterocycles. The van der Waals surface area contributed by atoms with Gasteiger partial charge in [0.25, 0.3) is 0 Å². The Hall–Kier alpha value is -0.01000. The smallest absolute Gasteiger partial charge is 0.213 e. The van der Waals surface area contributed by atoms with Gasteiger partial charge in [-0.1, -0.05) is 6.07 Å². The number of halogens is 1. The predicted octanol–water partition coefficient (Wildman–Crippen LogP) is 3.79. The van der Waals surface area contributed by atoms with E-state index in [1.54, 1.807) is 6.20 Å². The zero-order valence-corrected chi connectivity index (χ0v) is 11.8. The number of ether oxygens (including phenoxy) is 1. The van der Waals surface area contributed by atoms with Gasteiger partial charge in [-0.15, -0.1) is 0 Å². The molecule has 1 aliphatic carbocycles. The minimum Gasteiger partial charge on any atom is -0.474 e. The van der Waals surface area contributed by atoms with E-state index in [1.165, 1.54) is 9.21 Å². The standard InChI is InChI=1S/C11H14INO2S/c12-16-15-10-6-4-9(5-7-10)14-11-3-1-2-8-13-11/h1-3,8-10H,4-7H2/t9-,10+. The average molecular weight is 351 g/mol. The Morgan fingerprint density at radius 3 is 2.56 bits per heavy atom. The van der Waals surface area contributed by atoms with Crippen molar-refractivity contribution in [2.45, 2.75) is 37.9 Å². The van der Waals surface area contributed by atoms with Crippen molar-refractivity contribution in [2.24, 2.45) is 0 Å². The third-order valence-electron chi connectivity index (χ3n) is 2.72. The molecular weight excluding hydrogens is 337 g/mol. The lowest BCUT2D eigenvalue weighted by molar-refractivity contribution is 0.0903. The van der Waals surface area contributed by atoms with Crippen LogP contribution in [0.25, 0.3) is 0 Å². The Labute approximate surface area is 112 Å². The maximum absolute atomic E-state index is 5.81. The molecule has 1 aromatic heterocycles. The number of hydrogen-bond acceptors (Lipinski definition) is 4. The summed E-state index contributed by atoms with van der Waals surface area (Å²) in [5.74, 6) is 0.732. The molecule has 1 heterocycles. The molecule has 0 N–H and O–H groups in total. The topological polar surface area (TPSA) is 31.4 Å². The highest BCUT2D eigenvalue weighted by atomic mass is 127. The maximum atomic E-state index is 5.81. The van der Waals surface area contributed by atoms with Crippen LogP contribution >= 0.6 is 30.4 Å². The van der Waals surface area contributed by atoms with Crippen LogP contribution in [0.3, 0.4) is 0 Å². The van der Waals surface area contributed by atoms with E-state index in [0.29, 0.717) is 12.2 Å². The third kappa shape index (κ3) is 3.78. The summed E-state index contributed by atoms with van der Waals surface area (Å²) in [6.45, 7) is 0. The fraction of sp³-hybridized carbons (Fsp3) is 0.545. The van der Waals surface area contributed by atoms with Gasteiger partial charge in [0, 0.05) is 33.5 Å². The SMILES string of the molecule is ISO[C@H]1CC[C@@H](Oc2ccccn2)CC1. The van der Waals surface area contributed by atoms with Crippen molar-refractivity contribution in [3.05, 3.63) is 24.4 Å². The molecule has 0 aromatic carbocycles. The zero-order chi connectivity index (χ0) is 11.2. The van der Waals surface area contributed by atoms with Gasteiger partial charge in [-0.3, -0.25) is 0 Å². The van der Waals surface area contributed by atoms with E-state index in [4.69, 9.17) is 8.92 Å². The van der Waals surface area contributed by atoms with Gasteiger partial charge in [0.15, 0.2) is 0 Å². The molecule has 0 spiro atoms. The fourth-order valence-corrected chi connectivity index (χ4v) is 3.06. The van der Waals surface area contributed by atoms with Gasteiger partial charge >= 0.3 is 0 Å². The number of rotatable bonds is 4. The van der Waals surface area contributed by atoms with E-state index in [-0.39, 0.29) is 0 Å². The van der Waals surface area contributed by atoms with Crippen LogP contribution in [0, 0.1) is 0 Å². The van der Waals surface area contributed by atoms with Crippen molar-refractivity contribution in [2.75, 3.05) is 0 Å². The molecule has 5 heteroatoms. The molecule has 1 saturated carbocycles. The molecule has 3 nitrogen and oxygen atoms in total. The summed E-state index contributed by atoms with van der Waals surface area (Å²) in [5, 5.41) is 0. The monoisotopic (exact) mass is 351 g/mol. The van der Waals surface area contributed by atoms with Crippen LogP contribution in [-0.2, 0) is 4.18 Å². The minimum absolute atomic E-state index is 0.300. The van der Waals surface area contributed by atoms with Crippen molar-refractivity contribution in [3.8, 4) is 5.88 Å². The second-order valence-electron chi connectivity index (χ2n) is 3.84. The van der Waals surface area contributed by atoms with Crippen LogP contribution in [0.15, 0.2) is 24.4 Å². The molecule has 88 valence electrons. The fourth-order valence-electron chi connectivity index (χ4n) is 1.89. The summed E-state index contributed by atoms with van der Waals surface area (Å²) in [6.07, 6.45) is 6.72. The second kappa shape index (κ2) is 6.66. The summed E-state index contributed by atoms with van der Waals surface area (Å²) in [5.41, 5.74) is 0. The molecule has 0 amide bonds. The van der Waals surface area contributed by atoms with Crippen LogP contribution in [0.2, 0.25) is 0 Å².